The molecule has 0 saturated carbocycles. The van der Waals surface area contributed by atoms with Crippen LogP contribution in [0.3, 0.4) is 0 Å². The number of hydrogen-bond donors (Lipinski definition) is 0. The first-order valence-corrected chi connectivity index (χ1v) is 5.11. The number of ether oxygens (including phenoxy) is 1. The summed E-state index contributed by atoms with van der Waals surface area (Å²) in [5.74, 6) is -0.802. The Balaban J connectivity index is 3.19. The van der Waals surface area contributed by atoms with Crippen molar-refractivity contribution >= 4 is 5.97 Å². The number of esters is 1. The van der Waals surface area contributed by atoms with E-state index in [0.29, 0.717) is 6.07 Å². The highest BCUT2D eigenvalue weighted by Crippen LogP contribution is 2.29. The largest absolute Gasteiger partial charge is 0.461 e. The lowest BCUT2D eigenvalue weighted by Gasteiger charge is -2.09. The van der Waals surface area contributed by atoms with E-state index in [2.05, 4.69) is 9.84 Å². The second kappa shape index (κ2) is 4.77. The number of alkyl halides is 3. The standard InChI is InChI=1S/C10H13F3N2O2/c1-4-17-9(16)7-5-8(10(11,12)13)14-15(7)6(2)3/h5-6H,4H2,1-3H3. The zero-order chi connectivity index (χ0) is 13.2. The number of hydrogen-bond acceptors (Lipinski definition) is 3. The highest BCUT2D eigenvalue weighted by molar-refractivity contribution is 5.87. The molecule has 0 bridgehead atoms. The summed E-state index contributed by atoms with van der Waals surface area (Å²) in [5.41, 5.74) is -1.27. The van der Waals surface area contributed by atoms with Gasteiger partial charge in [-0.3, -0.25) is 4.68 Å². The summed E-state index contributed by atoms with van der Waals surface area (Å²) >= 11 is 0. The molecule has 0 saturated heterocycles. The van der Waals surface area contributed by atoms with Crippen LogP contribution in [-0.4, -0.2) is 22.4 Å². The molecule has 7 heteroatoms. The van der Waals surface area contributed by atoms with E-state index < -0.39 is 17.8 Å². The molecule has 1 heterocycles. The van der Waals surface area contributed by atoms with Gasteiger partial charge in [-0.05, 0) is 20.8 Å². The van der Waals surface area contributed by atoms with Gasteiger partial charge in [0.1, 0.15) is 5.69 Å². The zero-order valence-corrected chi connectivity index (χ0v) is 9.71. The molecule has 0 aromatic carbocycles. The van der Waals surface area contributed by atoms with Gasteiger partial charge in [0.15, 0.2) is 5.69 Å². The molecule has 0 aliphatic rings. The van der Waals surface area contributed by atoms with E-state index in [1.807, 2.05) is 0 Å². The van der Waals surface area contributed by atoms with E-state index in [1.165, 1.54) is 0 Å². The van der Waals surface area contributed by atoms with Crippen LogP contribution < -0.4 is 0 Å². The Morgan fingerprint density at radius 1 is 1.53 bits per heavy atom. The second-order valence-electron chi connectivity index (χ2n) is 3.67. The highest BCUT2D eigenvalue weighted by atomic mass is 19.4. The molecule has 0 aliphatic heterocycles. The van der Waals surface area contributed by atoms with Gasteiger partial charge >= 0.3 is 12.1 Å². The summed E-state index contributed by atoms with van der Waals surface area (Å²) in [6, 6.07) is 0.350. The van der Waals surface area contributed by atoms with Gasteiger partial charge in [0, 0.05) is 12.1 Å². The number of aromatic nitrogens is 2. The van der Waals surface area contributed by atoms with E-state index in [1.54, 1.807) is 20.8 Å². The molecule has 4 nitrogen and oxygen atoms in total. The molecule has 0 radical (unpaired) electrons. The summed E-state index contributed by atoms with van der Waals surface area (Å²) in [5, 5.41) is 3.38. The van der Waals surface area contributed by atoms with E-state index in [4.69, 9.17) is 0 Å². The van der Waals surface area contributed by atoms with Gasteiger partial charge in [-0.2, -0.15) is 18.3 Å². The number of rotatable bonds is 3. The smallest absolute Gasteiger partial charge is 0.435 e. The Bertz CT molecular complexity index is 410. The average Bonchev–Trinajstić information content (AvgIpc) is 2.61. The molecule has 1 aromatic rings. The minimum Gasteiger partial charge on any atom is -0.461 e. The number of carbonyl (C=O) groups is 1. The van der Waals surface area contributed by atoms with Crippen LogP contribution in [-0.2, 0) is 10.9 Å². The normalized spacial score (nSPS) is 11.9. The summed E-state index contributed by atoms with van der Waals surface area (Å²) < 4.78 is 43.1. The fourth-order valence-corrected chi connectivity index (χ4v) is 1.28. The Kier molecular flexibility index (Phi) is 3.79. The maximum Gasteiger partial charge on any atom is 0.435 e. The lowest BCUT2D eigenvalue weighted by Crippen LogP contribution is -2.15. The van der Waals surface area contributed by atoms with Crippen LogP contribution >= 0.6 is 0 Å². The van der Waals surface area contributed by atoms with E-state index >= 15 is 0 Å². The number of nitrogens with zero attached hydrogens (tertiary/aromatic N) is 2. The lowest BCUT2D eigenvalue weighted by molar-refractivity contribution is -0.141. The molecule has 0 fully saturated rings. The first-order chi connectivity index (χ1) is 7.77. The molecule has 0 aliphatic carbocycles. The zero-order valence-electron chi connectivity index (χ0n) is 9.71. The van der Waals surface area contributed by atoms with Crippen LogP contribution in [0.1, 0.15) is 43.0 Å². The molecular weight excluding hydrogens is 237 g/mol. The fraction of sp³-hybridized carbons (Fsp3) is 0.600. The van der Waals surface area contributed by atoms with Crippen LogP contribution in [0.2, 0.25) is 0 Å². The number of halogens is 3. The van der Waals surface area contributed by atoms with Crippen molar-refractivity contribution in [3.05, 3.63) is 17.5 Å². The van der Waals surface area contributed by atoms with Crippen molar-refractivity contribution in [3.8, 4) is 0 Å². The maximum atomic E-state index is 12.5. The highest BCUT2D eigenvalue weighted by Gasteiger charge is 2.36. The molecule has 0 atom stereocenters. The predicted molar refractivity (Wildman–Crippen MR) is 53.6 cm³/mol. The Hall–Kier alpha value is -1.53. The molecule has 1 rings (SSSR count). The van der Waals surface area contributed by atoms with Gasteiger partial charge in [-0.25, -0.2) is 4.79 Å². The summed E-state index contributed by atoms with van der Waals surface area (Å²) in [7, 11) is 0. The lowest BCUT2D eigenvalue weighted by atomic mass is 10.3. The third-order valence-corrected chi connectivity index (χ3v) is 2.00. The molecule has 17 heavy (non-hydrogen) atoms. The van der Waals surface area contributed by atoms with E-state index in [-0.39, 0.29) is 18.3 Å². The van der Waals surface area contributed by atoms with Crippen molar-refractivity contribution in [2.75, 3.05) is 6.61 Å². The third kappa shape index (κ3) is 2.98. The third-order valence-electron chi connectivity index (χ3n) is 2.00. The molecule has 96 valence electrons. The number of carbonyl (C=O) groups excluding carboxylic acids is 1. The van der Waals surface area contributed by atoms with Gasteiger partial charge in [-0.1, -0.05) is 0 Å². The quantitative estimate of drug-likeness (QED) is 0.774. The molecule has 0 unspecified atom stereocenters. The minimum absolute atomic E-state index is 0.101. The van der Waals surface area contributed by atoms with Crippen LogP contribution in [0.5, 0.6) is 0 Å². The summed E-state index contributed by atoms with van der Waals surface area (Å²) in [6.07, 6.45) is -4.57. The minimum atomic E-state index is -4.57. The van der Waals surface area contributed by atoms with E-state index in [9.17, 15) is 18.0 Å². The Morgan fingerprint density at radius 3 is 2.53 bits per heavy atom. The van der Waals surface area contributed by atoms with Crippen LogP contribution in [0, 0.1) is 0 Å². The van der Waals surface area contributed by atoms with Crippen molar-refractivity contribution in [1.82, 2.24) is 9.78 Å². The van der Waals surface area contributed by atoms with Gasteiger partial charge in [0.2, 0.25) is 0 Å². The topological polar surface area (TPSA) is 44.1 Å². The van der Waals surface area contributed by atoms with Gasteiger partial charge in [-0.15, -0.1) is 0 Å². The van der Waals surface area contributed by atoms with Crippen LogP contribution in [0.15, 0.2) is 6.07 Å². The van der Waals surface area contributed by atoms with Gasteiger partial charge in [0.05, 0.1) is 6.61 Å². The van der Waals surface area contributed by atoms with E-state index in [0.717, 1.165) is 4.68 Å². The Labute approximate surface area is 96.4 Å². The SMILES string of the molecule is CCOC(=O)c1cc(C(F)(F)F)nn1C(C)C. The van der Waals surface area contributed by atoms with Crippen molar-refractivity contribution in [1.29, 1.82) is 0 Å². The Morgan fingerprint density at radius 2 is 2.12 bits per heavy atom. The van der Waals surface area contributed by atoms with Crippen molar-refractivity contribution in [2.45, 2.75) is 33.0 Å². The van der Waals surface area contributed by atoms with Crippen LogP contribution in [0.4, 0.5) is 13.2 Å². The summed E-state index contributed by atoms with van der Waals surface area (Å²) in [6.45, 7) is 4.95. The first-order valence-electron chi connectivity index (χ1n) is 5.11. The monoisotopic (exact) mass is 250 g/mol. The molecule has 0 N–H and O–H groups in total. The van der Waals surface area contributed by atoms with Crippen molar-refractivity contribution in [2.24, 2.45) is 0 Å². The van der Waals surface area contributed by atoms with Gasteiger partial charge in [0.25, 0.3) is 0 Å². The predicted octanol–water partition coefficient (Wildman–Crippen LogP) is 2.66. The van der Waals surface area contributed by atoms with Crippen molar-refractivity contribution < 1.29 is 22.7 Å². The molecule has 0 amide bonds. The fourth-order valence-electron chi connectivity index (χ4n) is 1.28. The molecule has 0 spiro atoms. The first kappa shape index (κ1) is 13.5. The van der Waals surface area contributed by atoms with Gasteiger partial charge < -0.3 is 4.74 Å². The second-order valence-corrected chi connectivity index (χ2v) is 3.67. The maximum absolute atomic E-state index is 12.5. The molecule has 1 aromatic heterocycles. The van der Waals surface area contributed by atoms with Crippen LogP contribution in [0.25, 0.3) is 0 Å². The average molecular weight is 250 g/mol. The summed E-state index contributed by atoms with van der Waals surface area (Å²) in [4.78, 5) is 11.5. The molecular formula is C10H13F3N2O2. The van der Waals surface area contributed by atoms with Crippen molar-refractivity contribution in [3.63, 3.8) is 0 Å².